The Labute approximate surface area is 165 Å². The molecule has 2 fully saturated rings. The number of nitrogens with zero attached hydrogens (tertiary/aromatic N) is 3. The molecule has 1 aromatic heterocycles. The molecule has 28 heavy (non-hydrogen) atoms. The molecule has 2 aliphatic rings. The average Bonchev–Trinajstić information content (AvgIpc) is 3.11. The van der Waals surface area contributed by atoms with E-state index >= 15 is 0 Å². The molecule has 1 aromatic carbocycles. The molecular weight excluding hydrogens is 391 g/mol. The second-order valence-corrected chi connectivity index (χ2v) is 8.08. The first-order chi connectivity index (χ1) is 13.2. The smallest absolute Gasteiger partial charge is 0.382 e. The van der Waals surface area contributed by atoms with E-state index in [1.54, 1.807) is 6.20 Å². The molecule has 2 aromatic rings. The summed E-state index contributed by atoms with van der Waals surface area (Å²) in [6.07, 6.45) is -0.877. The van der Waals surface area contributed by atoms with Crippen molar-refractivity contribution in [2.24, 2.45) is 17.6 Å². The fourth-order valence-electron chi connectivity index (χ4n) is 4.46. The number of fused-ring (bicyclic) bond motifs is 1. The maximum Gasteiger partial charge on any atom is 0.417 e. The number of anilines is 1. The van der Waals surface area contributed by atoms with Crippen molar-refractivity contribution in [1.82, 2.24) is 14.9 Å². The van der Waals surface area contributed by atoms with Gasteiger partial charge < -0.3 is 11.5 Å². The number of nitrogens with two attached hydrogens (primary N) is 2. The number of hydrogen-bond donors (Lipinski definition) is 2. The van der Waals surface area contributed by atoms with Gasteiger partial charge in [0, 0.05) is 31.2 Å². The lowest BCUT2D eigenvalue weighted by molar-refractivity contribution is -0.137. The summed E-state index contributed by atoms with van der Waals surface area (Å²) in [7, 11) is 0. The Morgan fingerprint density at radius 2 is 1.86 bits per heavy atom. The molecule has 9 heteroatoms. The molecule has 4 N–H and O–H groups in total. The maximum absolute atomic E-state index is 13.1. The zero-order valence-electron chi connectivity index (χ0n) is 15.1. The molecule has 0 spiro atoms. The number of rotatable bonds is 3. The van der Waals surface area contributed by atoms with Crippen LogP contribution in [-0.2, 0) is 12.7 Å². The fourth-order valence-corrected chi connectivity index (χ4v) is 4.78. The van der Waals surface area contributed by atoms with E-state index in [0.717, 1.165) is 32.0 Å². The lowest BCUT2D eigenvalue weighted by Crippen LogP contribution is -2.25. The Hall–Kier alpha value is -1.90. The van der Waals surface area contributed by atoms with Crippen LogP contribution < -0.4 is 11.5 Å². The molecule has 3 atom stereocenters. The molecular formula is C19H21ClF3N5. The van der Waals surface area contributed by atoms with Crippen LogP contribution in [0.4, 0.5) is 19.0 Å². The summed E-state index contributed by atoms with van der Waals surface area (Å²) in [4.78, 5) is 10.9. The van der Waals surface area contributed by atoms with Gasteiger partial charge in [0.1, 0.15) is 11.5 Å². The molecule has 4 rings (SSSR count). The summed E-state index contributed by atoms with van der Waals surface area (Å²) >= 11 is 5.98. The van der Waals surface area contributed by atoms with E-state index in [1.165, 1.54) is 12.1 Å². The molecule has 5 nitrogen and oxygen atoms in total. The lowest BCUT2D eigenvalue weighted by atomic mass is 10.0. The highest BCUT2D eigenvalue weighted by atomic mass is 35.5. The monoisotopic (exact) mass is 411 g/mol. The highest BCUT2D eigenvalue weighted by Gasteiger charge is 2.39. The van der Waals surface area contributed by atoms with Crippen molar-refractivity contribution in [3.05, 3.63) is 40.7 Å². The van der Waals surface area contributed by atoms with Crippen molar-refractivity contribution in [2.75, 3.05) is 18.8 Å². The largest absolute Gasteiger partial charge is 0.417 e. The quantitative estimate of drug-likeness (QED) is 0.807. The van der Waals surface area contributed by atoms with E-state index in [9.17, 15) is 13.2 Å². The number of halogens is 4. The summed E-state index contributed by atoms with van der Waals surface area (Å²) in [5.74, 6) is 1.33. The van der Waals surface area contributed by atoms with Crippen LogP contribution in [0, 0.1) is 11.8 Å². The molecule has 1 aliphatic heterocycles. The van der Waals surface area contributed by atoms with Crippen LogP contribution in [-0.4, -0.2) is 34.0 Å². The number of benzene rings is 1. The Morgan fingerprint density at radius 1 is 1.18 bits per heavy atom. The van der Waals surface area contributed by atoms with Gasteiger partial charge in [0.25, 0.3) is 0 Å². The SMILES string of the molecule is Nc1nc(CN2C[C@H]3CC(N)C[C@H]3C2)cnc1-c1cccc(C(F)(F)F)c1Cl. The van der Waals surface area contributed by atoms with Gasteiger partial charge in [-0.3, -0.25) is 9.88 Å². The minimum absolute atomic E-state index is 0.0696. The van der Waals surface area contributed by atoms with Crippen LogP contribution in [0.25, 0.3) is 11.3 Å². The van der Waals surface area contributed by atoms with Crippen molar-refractivity contribution in [2.45, 2.75) is 31.6 Å². The van der Waals surface area contributed by atoms with Gasteiger partial charge in [0.15, 0.2) is 0 Å². The molecule has 1 unspecified atom stereocenters. The first-order valence-electron chi connectivity index (χ1n) is 9.17. The summed E-state index contributed by atoms with van der Waals surface area (Å²) < 4.78 is 39.3. The molecule has 1 saturated heterocycles. The molecule has 1 aliphatic carbocycles. The minimum atomic E-state index is -4.55. The second-order valence-electron chi connectivity index (χ2n) is 7.71. The van der Waals surface area contributed by atoms with E-state index < -0.39 is 16.8 Å². The van der Waals surface area contributed by atoms with Gasteiger partial charge in [-0.2, -0.15) is 13.2 Å². The number of hydrogen-bond acceptors (Lipinski definition) is 5. The van der Waals surface area contributed by atoms with Crippen molar-refractivity contribution in [3.8, 4) is 11.3 Å². The number of aromatic nitrogens is 2. The van der Waals surface area contributed by atoms with Crippen LogP contribution >= 0.6 is 11.6 Å². The summed E-state index contributed by atoms with van der Waals surface area (Å²) in [5.41, 5.74) is 12.1. The highest BCUT2D eigenvalue weighted by molar-refractivity contribution is 6.34. The topological polar surface area (TPSA) is 81.1 Å². The van der Waals surface area contributed by atoms with E-state index in [-0.39, 0.29) is 17.1 Å². The third kappa shape index (κ3) is 3.68. The van der Waals surface area contributed by atoms with Crippen molar-refractivity contribution >= 4 is 17.4 Å². The van der Waals surface area contributed by atoms with Gasteiger partial charge in [-0.15, -0.1) is 0 Å². The normalized spacial score (nSPS) is 25.2. The minimum Gasteiger partial charge on any atom is -0.382 e. The van der Waals surface area contributed by atoms with Crippen molar-refractivity contribution in [1.29, 1.82) is 0 Å². The Balaban J connectivity index is 1.53. The third-order valence-corrected chi connectivity index (χ3v) is 6.06. The molecule has 0 radical (unpaired) electrons. The van der Waals surface area contributed by atoms with E-state index in [2.05, 4.69) is 14.9 Å². The zero-order chi connectivity index (χ0) is 20.1. The molecule has 0 amide bonds. The predicted octanol–water partition coefficient (Wildman–Crippen LogP) is 3.57. The van der Waals surface area contributed by atoms with Gasteiger partial charge in [-0.25, -0.2) is 4.98 Å². The van der Waals surface area contributed by atoms with Gasteiger partial charge >= 0.3 is 6.18 Å². The van der Waals surface area contributed by atoms with Gasteiger partial charge in [-0.1, -0.05) is 23.7 Å². The van der Waals surface area contributed by atoms with Crippen LogP contribution in [0.5, 0.6) is 0 Å². The van der Waals surface area contributed by atoms with E-state index in [0.29, 0.717) is 30.1 Å². The van der Waals surface area contributed by atoms with Gasteiger partial charge in [-0.05, 0) is 30.7 Å². The molecule has 2 heterocycles. The lowest BCUT2D eigenvalue weighted by Gasteiger charge is -2.18. The Morgan fingerprint density at radius 3 is 2.46 bits per heavy atom. The van der Waals surface area contributed by atoms with Gasteiger partial charge in [0.05, 0.1) is 22.5 Å². The standard InChI is InChI=1S/C19H21ClF3N5/c20-16-14(2-1-3-15(16)19(21,22)23)17-18(25)27-13(6-26-17)9-28-7-10-4-12(24)5-11(10)8-28/h1-3,6,10-12H,4-5,7-9,24H2,(H2,25,27)/t10-,11+,12?. The number of nitrogen functional groups attached to an aromatic ring is 1. The Bertz CT molecular complexity index is 874. The zero-order valence-corrected chi connectivity index (χ0v) is 15.8. The summed E-state index contributed by atoms with van der Waals surface area (Å²) in [6, 6.07) is 3.99. The summed E-state index contributed by atoms with van der Waals surface area (Å²) in [6.45, 7) is 2.55. The van der Waals surface area contributed by atoms with Crippen LogP contribution in [0.15, 0.2) is 24.4 Å². The third-order valence-electron chi connectivity index (χ3n) is 5.66. The van der Waals surface area contributed by atoms with Gasteiger partial charge in [0.2, 0.25) is 0 Å². The molecule has 0 bridgehead atoms. The van der Waals surface area contributed by atoms with Crippen molar-refractivity contribution in [3.63, 3.8) is 0 Å². The van der Waals surface area contributed by atoms with E-state index in [1.807, 2.05) is 0 Å². The summed E-state index contributed by atoms with van der Waals surface area (Å²) in [5, 5.41) is -0.424. The number of likely N-dealkylation sites (tertiary alicyclic amines) is 1. The van der Waals surface area contributed by atoms with E-state index in [4.69, 9.17) is 23.1 Å². The van der Waals surface area contributed by atoms with Crippen LogP contribution in [0.3, 0.4) is 0 Å². The molecule has 1 saturated carbocycles. The molecule has 150 valence electrons. The highest BCUT2D eigenvalue weighted by Crippen LogP contribution is 2.40. The fraction of sp³-hybridized carbons (Fsp3) is 0.474. The predicted molar refractivity (Wildman–Crippen MR) is 101 cm³/mol. The van der Waals surface area contributed by atoms with Crippen LogP contribution in [0.2, 0.25) is 5.02 Å². The van der Waals surface area contributed by atoms with Crippen molar-refractivity contribution < 1.29 is 13.2 Å². The first-order valence-corrected chi connectivity index (χ1v) is 9.55. The average molecular weight is 412 g/mol. The Kier molecular flexibility index (Phi) is 4.97. The first kappa shape index (κ1) is 19.4. The second kappa shape index (κ2) is 7.17. The van der Waals surface area contributed by atoms with Crippen LogP contribution in [0.1, 0.15) is 24.1 Å². The number of alkyl halides is 3. The maximum atomic E-state index is 13.1.